The van der Waals surface area contributed by atoms with Crippen LogP contribution in [0.5, 0.6) is 0 Å². The maximum absolute atomic E-state index is 14.8. The van der Waals surface area contributed by atoms with E-state index in [1.807, 2.05) is 0 Å². The first-order chi connectivity index (χ1) is 16.8. The van der Waals surface area contributed by atoms with Crippen LogP contribution >= 0.6 is 0 Å². The molecule has 0 atom stereocenters. The van der Waals surface area contributed by atoms with Crippen molar-refractivity contribution in [2.75, 3.05) is 5.32 Å². The molecular weight excluding hydrogens is 502 g/mol. The lowest BCUT2D eigenvalue weighted by Gasteiger charge is -2.12. The number of nitrogens with one attached hydrogen (secondary N) is 1. The van der Waals surface area contributed by atoms with Gasteiger partial charge in [-0.1, -0.05) is 0 Å². The summed E-state index contributed by atoms with van der Waals surface area (Å²) >= 11 is 0. The largest absolute Gasteiger partial charge is 0.471 e. The van der Waals surface area contributed by atoms with Crippen LogP contribution in [0.15, 0.2) is 60.8 Å². The summed E-state index contributed by atoms with van der Waals surface area (Å²) in [4.78, 5) is 28.2. The van der Waals surface area contributed by atoms with E-state index in [1.54, 1.807) is 0 Å². The number of hydrogen-bond donors (Lipinski definition) is 1. The number of carbonyl (C=O) groups is 2. The number of nitrogens with zero attached hydrogens (tertiary/aromatic N) is 2. The second-order valence-corrected chi connectivity index (χ2v) is 7.44. The minimum Gasteiger partial charge on any atom is -0.301 e. The van der Waals surface area contributed by atoms with Crippen molar-refractivity contribution in [3.63, 3.8) is 0 Å². The topological polar surface area (TPSA) is 63.5 Å². The summed E-state index contributed by atoms with van der Waals surface area (Å²) in [6.07, 6.45) is -9.19. The highest BCUT2D eigenvalue weighted by molar-refractivity contribution is 6.09. The van der Waals surface area contributed by atoms with Crippen molar-refractivity contribution in [1.29, 1.82) is 0 Å². The highest BCUT2D eigenvalue weighted by atomic mass is 19.4. The van der Waals surface area contributed by atoms with Crippen LogP contribution < -0.4 is 5.32 Å². The minimum absolute atomic E-state index is 0.0451. The van der Waals surface area contributed by atoms with Gasteiger partial charge < -0.3 is 5.32 Å². The number of anilines is 1. The number of halogens is 8. The van der Waals surface area contributed by atoms with Gasteiger partial charge in [0.05, 0.1) is 5.56 Å². The lowest BCUT2D eigenvalue weighted by molar-refractivity contribution is -0.167. The van der Waals surface area contributed by atoms with Crippen LogP contribution in [-0.4, -0.2) is 27.3 Å². The van der Waals surface area contributed by atoms with Gasteiger partial charge in [0.25, 0.3) is 0 Å². The summed E-state index contributed by atoms with van der Waals surface area (Å²) in [5, 5.41) is 1.49. The highest BCUT2D eigenvalue weighted by Crippen LogP contribution is 2.36. The van der Waals surface area contributed by atoms with Gasteiger partial charge in [0.1, 0.15) is 23.0 Å². The summed E-state index contributed by atoms with van der Waals surface area (Å²) in [6.45, 7) is 0. The lowest BCUT2D eigenvalue weighted by Crippen LogP contribution is -2.30. The Labute approximate surface area is 196 Å². The number of amides is 1. The standard InChI is InChI=1S/C23H11F8N3O2/c24-14-5-1-11(2-6-14)19(35)12-3-8-17-32-20(33-21(36)23(29,30)31)18(34(17)10-12)15-7-4-13(9-16(15)25)22(26,27)28/h1-10H,(H,33,36). The Bertz CT molecular complexity index is 1490. The fourth-order valence-corrected chi connectivity index (χ4v) is 3.35. The number of hydrogen-bond acceptors (Lipinski definition) is 3. The summed E-state index contributed by atoms with van der Waals surface area (Å²) in [7, 11) is 0. The Kier molecular flexibility index (Phi) is 6.02. The molecule has 0 saturated carbocycles. The van der Waals surface area contributed by atoms with E-state index in [-0.39, 0.29) is 22.8 Å². The number of ketones is 1. The average Bonchev–Trinajstić information content (AvgIpc) is 3.14. The van der Waals surface area contributed by atoms with Crippen LogP contribution in [0, 0.1) is 11.6 Å². The maximum atomic E-state index is 14.8. The molecule has 186 valence electrons. The Hall–Kier alpha value is -4.29. The van der Waals surface area contributed by atoms with Crippen LogP contribution in [0.4, 0.5) is 40.9 Å². The first-order valence-electron chi connectivity index (χ1n) is 9.83. The summed E-state index contributed by atoms with van der Waals surface area (Å²) in [6, 6.07) is 8.12. The fourth-order valence-electron chi connectivity index (χ4n) is 3.35. The van der Waals surface area contributed by atoms with Gasteiger partial charge in [0, 0.05) is 22.9 Å². The molecule has 36 heavy (non-hydrogen) atoms. The zero-order chi connectivity index (χ0) is 26.4. The predicted octanol–water partition coefficient (Wildman–Crippen LogP) is 6.03. The molecule has 0 radical (unpaired) electrons. The van der Waals surface area contributed by atoms with Crippen LogP contribution in [-0.2, 0) is 11.0 Å². The van der Waals surface area contributed by atoms with Crippen molar-refractivity contribution in [2.45, 2.75) is 12.4 Å². The Balaban J connectivity index is 1.91. The molecule has 0 fully saturated rings. The van der Waals surface area contributed by atoms with Gasteiger partial charge in [-0.2, -0.15) is 26.3 Å². The van der Waals surface area contributed by atoms with Gasteiger partial charge in [-0.05, 0) is 54.6 Å². The van der Waals surface area contributed by atoms with Crippen LogP contribution in [0.3, 0.4) is 0 Å². The number of benzene rings is 2. The number of imidazole rings is 1. The van der Waals surface area contributed by atoms with Crippen LogP contribution in [0.2, 0.25) is 0 Å². The van der Waals surface area contributed by atoms with E-state index in [1.165, 1.54) is 29.6 Å². The Morgan fingerprint density at radius 2 is 1.47 bits per heavy atom. The SMILES string of the molecule is O=C(c1ccc(F)cc1)c1ccc2nc(NC(=O)C(F)(F)F)c(-c3ccc(C(F)(F)F)cc3F)n2c1. The van der Waals surface area contributed by atoms with E-state index >= 15 is 0 Å². The van der Waals surface area contributed by atoms with E-state index in [0.717, 1.165) is 22.7 Å². The van der Waals surface area contributed by atoms with Crippen molar-refractivity contribution in [2.24, 2.45) is 0 Å². The zero-order valence-corrected chi connectivity index (χ0v) is 17.5. The molecule has 0 aliphatic carbocycles. The summed E-state index contributed by atoms with van der Waals surface area (Å²) in [5.74, 6) is -5.99. The molecule has 0 bridgehead atoms. The third kappa shape index (κ3) is 4.76. The smallest absolute Gasteiger partial charge is 0.301 e. The lowest BCUT2D eigenvalue weighted by atomic mass is 10.0. The quantitative estimate of drug-likeness (QED) is 0.268. The van der Waals surface area contributed by atoms with Gasteiger partial charge in [-0.15, -0.1) is 0 Å². The van der Waals surface area contributed by atoms with E-state index < -0.39 is 58.3 Å². The van der Waals surface area contributed by atoms with Crippen LogP contribution in [0.25, 0.3) is 16.9 Å². The van der Waals surface area contributed by atoms with Gasteiger partial charge in [0.15, 0.2) is 11.6 Å². The van der Waals surface area contributed by atoms with Gasteiger partial charge in [0.2, 0.25) is 0 Å². The third-order valence-electron chi connectivity index (χ3n) is 5.03. The molecule has 4 aromatic rings. The molecule has 2 aromatic heterocycles. The monoisotopic (exact) mass is 513 g/mol. The number of carbonyl (C=O) groups excluding carboxylic acids is 2. The highest BCUT2D eigenvalue weighted by Gasteiger charge is 2.40. The second kappa shape index (κ2) is 8.73. The number of pyridine rings is 1. The van der Waals surface area contributed by atoms with E-state index in [0.29, 0.717) is 12.1 Å². The van der Waals surface area contributed by atoms with Gasteiger partial charge in [-0.3, -0.25) is 14.0 Å². The predicted molar refractivity (Wildman–Crippen MR) is 110 cm³/mol. The van der Waals surface area contributed by atoms with Crippen molar-refractivity contribution in [3.8, 4) is 11.3 Å². The van der Waals surface area contributed by atoms with Crippen molar-refractivity contribution in [3.05, 3.63) is 89.1 Å². The second-order valence-electron chi connectivity index (χ2n) is 7.44. The fraction of sp³-hybridized carbons (Fsp3) is 0.0870. The number of alkyl halides is 6. The van der Waals surface area contributed by atoms with E-state index in [9.17, 15) is 44.7 Å². The Morgan fingerprint density at radius 3 is 2.06 bits per heavy atom. The molecule has 0 unspecified atom stereocenters. The van der Waals surface area contributed by atoms with Crippen molar-refractivity contribution in [1.82, 2.24) is 9.38 Å². The number of aromatic nitrogens is 2. The molecule has 0 spiro atoms. The molecule has 2 aromatic carbocycles. The first-order valence-corrected chi connectivity index (χ1v) is 9.83. The molecule has 13 heteroatoms. The number of rotatable bonds is 4. The molecule has 0 saturated heterocycles. The molecule has 0 aliphatic heterocycles. The van der Waals surface area contributed by atoms with E-state index in [2.05, 4.69) is 4.98 Å². The average molecular weight is 513 g/mol. The summed E-state index contributed by atoms with van der Waals surface area (Å²) < 4.78 is 106. The zero-order valence-electron chi connectivity index (χ0n) is 17.5. The van der Waals surface area contributed by atoms with Gasteiger partial charge in [-0.25, -0.2) is 13.8 Å². The maximum Gasteiger partial charge on any atom is 0.471 e. The molecule has 4 rings (SSSR count). The molecule has 0 aliphatic rings. The van der Waals surface area contributed by atoms with E-state index in [4.69, 9.17) is 0 Å². The summed E-state index contributed by atoms with van der Waals surface area (Å²) in [5.41, 5.74) is -2.72. The number of fused-ring (bicyclic) bond motifs is 1. The Morgan fingerprint density at radius 1 is 0.833 bits per heavy atom. The minimum atomic E-state index is -5.35. The molecule has 2 heterocycles. The molecule has 1 amide bonds. The van der Waals surface area contributed by atoms with Crippen LogP contribution in [0.1, 0.15) is 21.5 Å². The molecule has 1 N–H and O–H groups in total. The third-order valence-corrected chi connectivity index (χ3v) is 5.03. The first kappa shape index (κ1) is 24.8. The molecular formula is C23H11F8N3O2. The van der Waals surface area contributed by atoms with Crippen molar-refractivity contribution >= 4 is 23.2 Å². The normalized spacial score (nSPS) is 12.1. The van der Waals surface area contributed by atoms with Gasteiger partial charge >= 0.3 is 18.3 Å². The van der Waals surface area contributed by atoms with Crippen molar-refractivity contribution < 1.29 is 44.7 Å². The molecule has 5 nitrogen and oxygen atoms in total.